The van der Waals surface area contributed by atoms with Crippen molar-refractivity contribution in [2.45, 2.75) is 45.4 Å². The van der Waals surface area contributed by atoms with Gasteiger partial charge in [0.1, 0.15) is 12.4 Å². The summed E-state index contributed by atoms with van der Waals surface area (Å²) in [7, 11) is 1.96. The Bertz CT molecular complexity index is 1020. The molecular formula is C23H31IN6O. The highest BCUT2D eigenvalue weighted by Gasteiger charge is 2.17. The Morgan fingerprint density at radius 3 is 2.77 bits per heavy atom. The third kappa shape index (κ3) is 5.74. The normalized spacial score (nSPS) is 17.4. The number of benzene rings is 2. The number of nitrogens with zero attached hydrogens (tertiary/aromatic N) is 4. The first-order valence-electron chi connectivity index (χ1n) is 10.6. The molecule has 0 amide bonds. The summed E-state index contributed by atoms with van der Waals surface area (Å²) in [5.41, 5.74) is 1.24. The molecule has 1 aromatic heterocycles. The van der Waals surface area contributed by atoms with Gasteiger partial charge in [0, 0.05) is 20.2 Å². The van der Waals surface area contributed by atoms with Crippen LogP contribution in [0.3, 0.4) is 0 Å². The van der Waals surface area contributed by atoms with Crippen LogP contribution in [0.1, 0.15) is 43.0 Å². The quantitative estimate of drug-likeness (QED) is 0.285. The first-order valence-corrected chi connectivity index (χ1v) is 10.6. The van der Waals surface area contributed by atoms with Crippen LogP contribution in [-0.2, 0) is 18.3 Å². The third-order valence-electron chi connectivity index (χ3n) is 5.73. The fraction of sp³-hybridized carbons (Fsp3) is 0.435. The molecule has 166 valence electrons. The van der Waals surface area contributed by atoms with Crippen molar-refractivity contribution in [3.63, 3.8) is 0 Å². The number of fused-ring (bicyclic) bond motifs is 1. The zero-order valence-electron chi connectivity index (χ0n) is 18.3. The van der Waals surface area contributed by atoms with E-state index in [1.54, 1.807) is 0 Å². The maximum absolute atomic E-state index is 5.76. The number of ether oxygens (including phenoxy) is 1. The summed E-state index contributed by atoms with van der Waals surface area (Å²) in [4.78, 5) is 4.79. The second-order valence-electron chi connectivity index (χ2n) is 7.84. The minimum Gasteiger partial charge on any atom is -0.376 e. The molecule has 4 rings (SSSR count). The number of aromatic nitrogens is 3. The van der Waals surface area contributed by atoms with Crippen LogP contribution in [0.5, 0.6) is 0 Å². The molecule has 0 saturated carbocycles. The van der Waals surface area contributed by atoms with Gasteiger partial charge in [-0.1, -0.05) is 42.5 Å². The lowest BCUT2D eigenvalue weighted by Crippen LogP contribution is -2.42. The van der Waals surface area contributed by atoms with Gasteiger partial charge in [0.15, 0.2) is 11.8 Å². The predicted molar refractivity (Wildman–Crippen MR) is 135 cm³/mol. The standard InChI is InChI=1S/C23H30N6O.HI/c1-16(20-12-6-9-18-8-4-5-11-21(18)20)26-23(24-14-19-10-7-13-30-19)25-15-22-28-27-17(2)29(22)3;/h4-6,8-9,11-12,16,19H,7,10,13-15H2,1-3H3,(H2,24,25,26);1H. The second kappa shape index (κ2) is 10.9. The molecule has 2 heterocycles. The van der Waals surface area contributed by atoms with Crippen molar-refractivity contribution in [3.05, 3.63) is 59.7 Å². The number of halogens is 1. The number of aryl methyl sites for hydroxylation is 1. The van der Waals surface area contributed by atoms with Crippen molar-refractivity contribution in [2.24, 2.45) is 12.0 Å². The lowest BCUT2D eigenvalue weighted by Gasteiger charge is -2.21. The average molecular weight is 534 g/mol. The summed E-state index contributed by atoms with van der Waals surface area (Å²) in [6.45, 7) is 6.15. The Balaban J connectivity index is 0.00000272. The molecule has 3 aromatic rings. The summed E-state index contributed by atoms with van der Waals surface area (Å²) in [6.07, 6.45) is 2.44. The molecule has 1 saturated heterocycles. The molecule has 0 spiro atoms. The van der Waals surface area contributed by atoms with E-state index < -0.39 is 0 Å². The maximum Gasteiger partial charge on any atom is 0.192 e. The molecule has 1 fully saturated rings. The Hall–Kier alpha value is -2.20. The Morgan fingerprint density at radius 2 is 2.03 bits per heavy atom. The first kappa shape index (κ1) is 23.5. The van der Waals surface area contributed by atoms with Crippen molar-refractivity contribution in [1.29, 1.82) is 0 Å². The molecule has 0 bridgehead atoms. The zero-order valence-corrected chi connectivity index (χ0v) is 20.7. The molecular weight excluding hydrogens is 503 g/mol. The number of nitrogens with one attached hydrogen (secondary N) is 2. The molecule has 0 aliphatic carbocycles. The topological polar surface area (TPSA) is 76.4 Å². The summed E-state index contributed by atoms with van der Waals surface area (Å²) in [6, 6.07) is 15.0. The molecule has 1 aliphatic rings. The number of aliphatic imine (C=N–C) groups is 1. The van der Waals surface area contributed by atoms with Gasteiger partial charge in [-0.3, -0.25) is 0 Å². The van der Waals surface area contributed by atoms with Crippen molar-refractivity contribution in [2.75, 3.05) is 13.2 Å². The minimum absolute atomic E-state index is 0. The van der Waals surface area contributed by atoms with Gasteiger partial charge in [-0.15, -0.1) is 34.2 Å². The zero-order chi connectivity index (χ0) is 20.9. The van der Waals surface area contributed by atoms with E-state index in [9.17, 15) is 0 Å². The maximum atomic E-state index is 5.76. The van der Waals surface area contributed by atoms with Gasteiger partial charge in [0.2, 0.25) is 0 Å². The van der Waals surface area contributed by atoms with Crippen molar-refractivity contribution in [3.8, 4) is 0 Å². The van der Waals surface area contributed by atoms with E-state index in [4.69, 9.17) is 9.73 Å². The van der Waals surface area contributed by atoms with Crippen molar-refractivity contribution < 1.29 is 4.74 Å². The molecule has 7 nitrogen and oxygen atoms in total. The highest BCUT2D eigenvalue weighted by atomic mass is 127. The number of guanidine groups is 1. The fourth-order valence-corrected chi connectivity index (χ4v) is 3.82. The van der Waals surface area contributed by atoms with Crippen LogP contribution in [0.15, 0.2) is 47.5 Å². The van der Waals surface area contributed by atoms with Crippen LogP contribution in [0.25, 0.3) is 10.8 Å². The summed E-state index contributed by atoms with van der Waals surface area (Å²) in [5.74, 6) is 2.47. The van der Waals surface area contributed by atoms with Gasteiger partial charge in [-0.2, -0.15) is 0 Å². The third-order valence-corrected chi connectivity index (χ3v) is 5.73. The average Bonchev–Trinajstić information content (AvgIpc) is 3.40. The van der Waals surface area contributed by atoms with Crippen molar-refractivity contribution in [1.82, 2.24) is 25.4 Å². The SMILES string of the molecule is Cc1nnc(CN=C(NCC2CCCO2)NC(C)c2cccc3ccccc23)n1C.I. The largest absolute Gasteiger partial charge is 0.376 e. The van der Waals surface area contributed by atoms with Crippen molar-refractivity contribution >= 4 is 40.7 Å². The minimum atomic E-state index is 0. The molecule has 31 heavy (non-hydrogen) atoms. The number of hydrogen-bond donors (Lipinski definition) is 2. The monoisotopic (exact) mass is 534 g/mol. The highest BCUT2D eigenvalue weighted by molar-refractivity contribution is 14.0. The van der Waals surface area contributed by atoms with Gasteiger partial charge in [0.25, 0.3) is 0 Å². The Kier molecular flexibility index (Phi) is 8.25. The second-order valence-corrected chi connectivity index (χ2v) is 7.84. The predicted octanol–water partition coefficient (Wildman–Crippen LogP) is 3.87. The van der Waals surface area contributed by atoms with Crippen LogP contribution < -0.4 is 10.6 Å². The van der Waals surface area contributed by atoms with E-state index in [2.05, 4.69) is 70.2 Å². The van der Waals surface area contributed by atoms with Crippen LogP contribution >= 0.6 is 24.0 Å². The van der Waals surface area contributed by atoms with Crippen LogP contribution in [0.2, 0.25) is 0 Å². The van der Waals surface area contributed by atoms with E-state index in [1.807, 2.05) is 18.5 Å². The molecule has 0 radical (unpaired) electrons. The molecule has 2 N–H and O–H groups in total. The number of hydrogen-bond acceptors (Lipinski definition) is 4. The molecule has 2 atom stereocenters. The van der Waals surface area contributed by atoms with E-state index in [0.29, 0.717) is 6.54 Å². The molecule has 2 aromatic carbocycles. The van der Waals surface area contributed by atoms with E-state index >= 15 is 0 Å². The molecule has 2 unspecified atom stereocenters. The van der Waals surface area contributed by atoms with Gasteiger partial charge < -0.3 is 19.9 Å². The first-order chi connectivity index (χ1) is 14.6. The smallest absolute Gasteiger partial charge is 0.192 e. The Morgan fingerprint density at radius 1 is 1.23 bits per heavy atom. The van der Waals surface area contributed by atoms with Crippen LogP contribution in [-0.4, -0.2) is 40.0 Å². The lowest BCUT2D eigenvalue weighted by atomic mass is 10.00. The molecule has 8 heteroatoms. The molecule has 1 aliphatic heterocycles. The van der Waals surface area contributed by atoms with E-state index in [0.717, 1.165) is 43.6 Å². The van der Waals surface area contributed by atoms with E-state index in [-0.39, 0.29) is 36.1 Å². The fourth-order valence-electron chi connectivity index (χ4n) is 3.82. The highest BCUT2D eigenvalue weighted by Crippen LogP contribution is 2.24. The summed E-state index contributed by atoms with van der Waals surface area (Å²) in [5, 5.41) is 17.9. The Labute approximate surface area is 200 Å². The van der Waals surface area contributed by atoms with Gasteiger partial charge in [-0.25, -0.2) is 4.99 Å². The summed E-state index contributed by atoms with van der Waals surface area (Å²) < 4.78 is 7.73. The van der Waals surface area contributed by atoms with E-state index in [1.165, 1.54) is 16.3 Å². The van der Waals surface area contributed by atoms with Gasteiger partial charge in [0.05, 0.1) is 12.1 Å². The van der Waals surface area contributed by atoms with Crippen LogP contribution in [0.4, 0.5) is 0 Å². The van der Waals surface area contributed by atoms with Gasteiger partial charge in [-0.05, 0) is 43.0 Å². The lowest BCUT2D eigenvalue weighted by molar-refractivity contribution is 0.113. The van der Waals surface area contributed by atoms with Gasteiger partial charge >= 0.3 is 0 Å². The number of rotatable bonds is 6. The summed E-state index contributed by atoms with van der Waals surface area (Å²) >= 11 is 0. The van der Waals surface area contributed by atoms with Crippen LogP contribution in [0, 0.1) is 6.92 Å².